The summed E-state index contributed by atoms with van der Waals surface area (Å²) < 4.78 is 45.9. The third-order valence-corrected chi connectivity index (χ3v) is 3.55. The Bertz CT molecular complexity index is 647. The average molecular weight is 321 g/mol. The summed E-state index contributed by atoms with van der Waals surface area (Å²) in [6.07, 6.45) is 0. The van der Waals surface area contributed by atoms with Gasteiger partial charge in [0.1, 0.15) is 23.2 Å². The van der Waals surface area contributed by atoms with E-state index in [1.165, 1.54) is 19.2 Å². The number of hydrogen-bond acceptors (Lipinski definition) is 1. The molecule has 0 aliphatic rings. The highest BCUT2D eigenvalue weighted by Crippen LogP contribution is 2.35. The summed E-state index contributed by atoms with van der Waals surface area (Å²) in [5.74, 6) is -1.98. The maximum Gasteiger partial charge on any atom is 0.142 e. The van der Waals surface area contributed by atoms with Gasteiger partial charge in [-0.3, -0.25) is 0 Å². The first-order chi connectivity index (χ1) is 9.43. The second-order valence-electron chi connectivity index (χ2n) is 4.04. The molecule has 0 fully saturated rings. The second kappa shape index (κ2) is 5.94. The van der Waals surface area contributed by atoms with Crippen LogP contribution >= 0.6 is 23.2 Å². The van der Waals surface area contributed by atoms with E-state index in [-0.39, 0.29) is 16.1 Å². The predicted molar refractivity (Wildman–Crippen MR) is 72.0 cm³/mol. The van der Waals surface area contributed by atoms with E-state index in [4.69, 9.17) is 27.9 Å². The number of alkyl halides is 1. The molecule has 0 bridgehead atoms. The van der Waals surface area contributed by atoms with Crippen molar-refractivity contribution in [3.63, 3.8) is 0 Å². The number of benzene rings is 2. The Hall–Kier alpha value is -1.39. The van der Waals surface area contributed by atoms with E-state index < -0.39 is 22.8 Å². The van der Waals surface area contributed by atoms with Gasteiger partial charge in [0.05, 0.1) is 17.5 Å². The number of ether oxygens (including phenoxy) is 1. The summed E-state index contributed by atoms with van der Waals surface area (Å²) in [6.45, 7) is 0. The minimum atomic E-state index is -1.17. The summed E-state index contributed by atoms with van der Waals surface area (Å²) in [5, 5.41) is -1.53. The number of halogens is 5. The van der Waals surface area contributed by atoms with Crippen LogP contribution in [0.4, 0.5) is 13.2 Å². The first kappa shape index (κ1) is 15.0. The lowest BCUT2D eigenvalue weighted by Crippen LogP contribution is -2.01. The quantitative estimate of drug-likeness (QED) is 0.565. The van der Waals surface area contributed by atoms with E-state index in [1.54, 1.807) is 0 Å². The highest BCUT2D eigenvalue weighted by Gasteiger charge is 2.21. The molecule has 2 rings (SSSR count). The van der Waals surface area contributed by atoms with Crippen LogP contribution < -0.4 is 4.74 Å². The summed E-state index contributed by atoms with van der Waals surface area (Å²) >= 11 is 11.5. The summed E-state index contributed by atoms with van der Waals surface area (Å²) in [4.78, 5) is 0. The molecule has 2 aromatic rings. The number of methoxy groups -OCH3 is 1. The molecule has 0 saturated carbocycles. The Labute approximate surface area is 123 Å². The molecule has 1 unspecified atom stereocenters. The van der Waals surface area contributed by atoms with Gasteiger partial charge in [-0.15, -0.1) is 11.6 Å². The Morgan fingerprint density at radius 3 is 2.20 bits per heavy atom. The van der Waals surface area contributed by atoms with Crippen molar-refractivity contribution in [1.82, 2.24) is 0 Å². The zero-order valence-corrected chi connectivity index (χ0v) is 11.8. The lowest BCUT2D eigenvalue weighted by molar-refractivity contribution is 0.410. The van der Waals surface area contributed by atoms with Gasteiger partial charge in [0.25, 0.3) is 0 Å². The van der Waals surface area contributed by atoms with Crippen molar-refractivity contribution in [3.8, 4) is 5.75 Å². The van der Waals surface area contributed by atoms with Crippen molar-refractivity contribution >= 4 is 23.2 Å². The van der Waals surface area contributed by atoms with Crippen LogP contribution in [0, 0.1) is 17.5 Å². The maximum atomic E-state index is 13.9. The molecule has 1 nitrogen and oxygen atoms in total. The summed E-state index contributed by atoms with van der Waals surface area (Å²) in [7, 11) is 1.39. The van der Waals surface area contributed by atoms with Gasteiger partial charge in [-0.25, -0.2) is 13.2 Å². The highest BCUT2D eigenvalue weighted by molar-refractivity contribution is 6.30. The molecule has 1 atom stereocenters. The standard InChI is InChI=1S/C14H9Cl2F3O/c1-20-7-2-3-8(11(17)4-7)14(16)9-5-13(19)10(15)6-12(9)18/h2-6,14H,1H3. The van der Waals surface area contributed by atoms with Gasteiger partial charge in [0, 0.05) is 17.2 Å². The van der Waals surface area contributed by atoms with Crippen LogP contribution in [0.5, 0.6) is 5.75 Å². The fourth-order valence-electron chi connectivity index (χ4n) is 1.74. The van der Waals surface area contributed by atoms with Crippen LogP contribution in [0.1, 0.15) is 16.5 Å². The molecule has 6 heteroatoms. The molecule has 0 N–H and O–H groups in total. The third kappa shape index (κ3) is 2.86. The monoisotopic (exact) mass is 320 g/mol. The van der Waals surface area contributed by atoms with E-state index in [9.17, 15) is 13.2 Å². The minimum Gasteiger partial charge on any atom is -0.497 e. The smallest absolute Gasteiger partial charge is 0.142 e. The molecule has 0 aromatic heterocycles. The van der Waals surface area contributed by atoms with Gasteiger partial charge < -0.3 is 4.74 Å². The van der Waals surface area contributed by atoms with E-state index >= 15 is 0 Å². The molecule has 0 radical (unpaired) electrons. The molecule has 0 heterocycles. The van der Waals surface area contributed by atoms with Crippen LogP contribution in [-0.2, 0) is 0 Å². The molecule has 106 valence electrons. The minimum absolute atomic E-state index is 0.0214. The van der Waals surface area contributed by atoms with Gasteiger partial charge in [0.15, 0.2) is 0 Å². The van der Waals surface area contributed by atoms with Crippen molar-refractivity contribution in [2.75, 3.05) is 7.11 Å². The van der Waals surface area contributed by atoms with Gasteiger partial charge in [-0.05, 0) is 18.2 Å². The van der Waals surface area contributed by atoms with Gasteiger partial charge in [0.2, 0.25) is 0 Å². The first-order valence-corrected chi connectivity index (χ1v) is 6.37. The van der Waals surface area contributed by atoms with Crippen molar-refractivity contribution in [2.24, 2.45) is 0 Å². The Morgan fingerprint density at radius 1 is 0.950 bits per heavy atom. The lowest BCUT2D eigenvalue weighted by atomic mass is 10.0. The van der Waals surface area contributed by atoms with Gasteiger partial charge in [-0.2, -0.15) is 0 Å². The SMILES string of the molecule is COc1ccc(C(Cl)c2cc(F)c(Cl)cc2F)c(F)c1. The average Bonchev–Trinajstić information content (AvgIpc) is 2.42. The van der Waals surface area contributed by atoms with E-state index in [0.717, 1.165) is 18.2 Å². The van der Waals surface area contributed by atoms with Crippen LogP contribution in [0.3, 0.4) is 0 Å². The highest BCUT2D eigenvalue weighted by atomic mass is 35.5. The van der Waals surface area contributed by atoms with Crippen LogP contribution in [0.15, 0.2) is 30.3 Å². The van der Waals surface area contributed by atoms with Gasteiger partial charge >= 0.3 is 0 Å². The van der Waals surface area contributed by atoms with Crippen molar-refractivity contribution in [3.05, 3.63) is 63.9 Å². The topological polar surface area (TPSA) is 9.23 Å². The van der Waals surface area contributed by atoms with Crippen molar-refractivity contribution in [1.29, 1.82) is 0 Å². The molecule has 20 heavy (non-hydrogen) atoms. The predicted octanol–water partition coefficient (Wildman–Crippen LogP) is 5.09. The zero-order valence-electron chi connectivity index (χ0n) is 10.3. The van der Waals surface area contributed by atoms with Crippen LogP contribution in [-0.4, -0.2) is 7.11 Å². The Morgan fingerprint density at radius 2 is 1.60 bits per heavy atom. The molecule has 2 aromatic carbocycles. The van der Waals surface area contributed by atoms with E-state index in [0.29, 0.717) is 5.75 Å². The molecule has 0 spiro atoms. The molecular weight excluding hydrogens is 312 g/mol. The fraction of sp³-hybridized carbons (Fsp3) is 0.143. The van der Waals surface area contributed by atoms with E-state index in [1.807, 2.05) is 0 Å². The normalized spacial score (nSPS) is 12.3. The molecule has 0 saturated heterocycles. The number of rotatable bonds is 3. The lowest BCUT2D eigenvalue weighted by Gasteiger charge is -2.13. The largest absolute Gasteiger partial charge is 0.497 e. The zero-order chi connectivity index (χ0) is 14.9. The Balaban J connectivity index is 2.46. The fourth-order valence-corrected chi connectivity index (χ4v) is 2.23. The van der Waals surface area contributed by atoms with Crippen molar-refractivity contribution < 1.29 is 17.9 Å². The first-order valence-electron chi connectivity index (χ1n) is 5.56. The molecule has 0 aliphatic heterocycles. The Kier molecular flexibility index (Phi) is 4.45. The number of hydrogen-bond donors (Lipinski definition) is 0. The third-order valence-electron chi connectivity index (χ3n) is 2.79. The van der Waals surface area contributed by atoms with Crippen LogP contribution in [0.25, 0.3) is 0 Å². The maximum absolute atomic E-state index is 13.9. The molecule has 0 amide bonds. The summed E-state index contributed by atoms with van der Waals surface area (Å²) in [5.41, 5.74) is -0.161. The molecule has 0 aliphatic carbocycles. The van der Waals surface area contributed by atoms with E-state index in [2.05, 4.69) is 0 Å². The summed E-state index contributed by atoms with van der Waals surface area (Å²) in [6, 6.07) is 5.63. The van der Waals surface area contributed by atoms with Crippen LogP contribution in [0.2, 0.25) is 5.02 Å². The van der Waals surface area contributed by atoms with Gasteiger partial charge in [-0.1, -0.05) is 17.7 Å². The molecular formula is C14H9Cl2F3O. The van der Waals surface area contributed by atoms with Crippen molar-refractivity contribution in [2.45, 2.75) is 5.38 Å². The second-order valence-corrected chi connectivity index (χ2v) is 4.88.